The second-order valence-electron chi connectivity index (χ2n) is 10.1. The van der Waals surface area contributed by atoms with Crippen LogP contribution in [0.2, 0.25) is 0 Å². The van der Waals surface area contributed by atoms with Crippen molar-refractivity contribution >= 4 is 27.5 Å². The first-order chi connectivity index (χ1) is 15.9. The zero-order valence-electron chi connectivity index (χ0n) is 19.5. The number of aryl methyl sites for hydroxylation is 1. The first-order valence-electron chi connectivity index (χ1n) is 12.3. The average molecular weight is 474 g/mol. The highest BCUT2D eigenvalue weighted by atomic mass is 32.1. The van der Waals surface area contributed by atoms with Crippen LogP contribution in [0.5, 0.6) is 5.75 Å². The van der Waals surface area contributed by atoms with Crippen LogP contribution in [-0.2, 0) is 16.0 Å². The molecule has 1 saturated heterocycles. The van der Waals surface area contributed by atoms with Crippen LogP contribution >= 0.6 is 11.3 Å². The van der Waals surface area contributed by atoms with Crippen molar-refractivity contribution in [3.8, 4) is 5.75 Å². The number of carbonyl (C=O) groups excluding carboxylic acids is 1. The topological polar surface area (TPSA) is 97.9 Å². The fraction of sp³-hybridized carbons (Fsp3) is 0.680. The molecule has 2 aromatic heterocycles. The molecule has 2 aromatic rings. The van der Waals surface area contributed by atoms with E-state index >= 15 is 0 Å². The van der Waals surface area contributed by atoms with E-state index in [1.165, 1.54) is 10.4 Å². The normalized spacial score (nSPS) is 31.4. The minimum absolute atomic E-state index is 0.115. The number of nitrogens with zero attached hydrogens (tertiary/aromatic N) is 2. The van der Waals surface area contributed by atoms with Crippen LogP contribution in [0.3, 0.4) is 0 Å². The van der Waals surface area contributed by atoms with E-state index in [0.29, 0.717) is 24.7 Å². The van der Waals surface area contributed by atoms with Crippen LogP contribution < -0.4 is 10.5 Å². The fourth-order valence-electron chi connectivity index (χ4n) is 6.07. The van der Waals surface area contributed by atoms with E-state index in [9.17, 15) is 9.90 Å². The summed E-state index contributed by atoms with van der Waals surface area (Å²) in [6, 6.07) is 2.59. The van der Waals surface area contributed by atoms with Crippen molar-refractivity contribution in [2.45, 2.75) is 95.2 Å². The van der Waals surface area contributed by atoms with Gasteiger partial charge in [-0.3, -0.25) is 9.69 Å². The van der Waals surface area contributed by atoms with Crippen LogP contribution in [0, 0.1) is 0 Å². The third-order valence-corrected chi connectivity index (χ3v) is 8.71. The van der Waals surface area contributed by atoms with Gasteiger partial charge in [-0.05, 0) is 76.3 Å². The average Bonchev–Trinajstić information content (AvgIpc) is 3.33. The molecule has 1 saturated carbocycles. The second-order valence-corrected chi connectivity index (χ2v) is 11.2. The zero-order valence-corrected chi connectivity index (χ0v) is 20.4. The molecular weight excluding hydrogens is 438 g/mol. The number of pyridine rings is 1. The molecule has 2 fully saturated rings. The number of fused-ring (bicyclic) bond motifs is 3. The Kier molecular flexibility index (Phi) is 6.62. The van der Waals surface area contributed by atoms with Crippen molar-refractivity contribution in [3.05, 3.63) is 22.7 Å². The summed E-state index contributed by atoms with van der Waals surface area (Å²) in [4.78, 5) is 20.9. The molecule has 33 heavy (non-hydrogen) atoms. The summed E-state index contributed by atoms with van der Waals surface area (Å²) in [5.41, 5.74) is 6.53. The van der Waals surface area contributed by atoms with Gasteiger partial charge < -0.3 is 20.3 Å². The van der Waals surface area contributed by atoms with E-state index in [1.54, 1.807) is 11.3 Å². The number of thiophene rings is 1. The second kappa shape index (κ2) is 9.49. The Labute approximate surface area is 199 Å². The van der Waals surface area contributed by atoms with E-state index in [4.69, 9.17) is 15.2 Å². The summed E-state index contributed by atoms with van der Waals surface area (Å²) in [5.74, 6) is 0.359. The van der Waals surface area contributed by atoms with Crippen molar-refractivity contribution in [1.29, 1.82) is 0 Å². The molecule has 3 heterocycles. The number of aliphatic hydroxyl groups is 1. The molecule has 8 heteroatoms. The number of aromatic nitrogens is 1. The highest BCUT2D eigenvalue weighted by Crippen LogP contribution is 2.48. The number of primary amides is 1. The molecule has 7 nitrogen and oxygen atoms in total. The molecule has 3 aliphatic rings. The van der Waals surface area contributed by atoms with E-state index in [-0.39, 0.29) is 12.0 Å². The predicted octanol–water partition coefficient (Wildman–Crippen LogP) is 3.36. The Bertz CT molecular complexity index is 993. The van der Waals surface area contributed by atoms with Crippen LogP contribution in [0.4, 0.5) is 0 Å². The van der Waals surface area contributed by atoms with Crippen molar-refractivity contribution < 1.29 is 19.4 Å². The highest BCUT2D eigenvalue weighted by Gasteiger charge is 2.34. The molecule has 3 N–H and O–H groups in total. The first-order valence-corrected chi connectivity index (χ1v) is 13.1. The Morgan fingerprint density at radius 3 is 2.70 bits per heavy atom. The van der Waals surface area contributed by atoms with Crippen LogP contribution in [0.15, 0.2) is 12.3 Å². The van der Waals surface area contributed by atoms with Crippen molar-refractivity contribution in [3.63, 3.8) is 0 Å². The molecule has 2 aliphatic carbocycles. The summed E-state index contributed by atoms with van der Waals surface area (Å²) in [6.07, 6.45) is 8.15. The summed E-state index contributed by atoms with van der Waals surface area (Å²) in [7, 11) is 0. The third-order valence-electron chi connectivity index (χ3n) is 7.53. The number of aliphatic hydroxyl groups excluding tert-OH is 1. The number of ether oxygens (including phenoxy) is 2. The fourth-order valence-corrected chi connectivity index (χ4v) is 7.33. The van der Waals surface area contributed by atoms with Gasteiger partial charge in [-0.15, -0.1) is 11.3 Å². The number of hydrogen-bond donors (Lipinski definition) is 2. The molecule has 0 radical (unpaired) electrons. The lowest BCUT2D eigenvalue weighted by Gasteiger charge is -2.42. The lowest BCUT2D eigenvalue weighted by atomic mass is 9.91. The third kappa shape index (κ3) is 4.76. The summed E-state index contributed by atoms with van der Waals surface area (Å²) in [6.45, 7) is 6.37. The Morgan fingerprint density at radius 2 is 2.00 bits per heavy atom. The van der Waals surface area contributed by atoms with E-state index in [0.717, 1.165) is 67.6 Å². The zero-order chi connectivity index (χ0) is 23.1. The minimum Gasteiger partial charge on any atom is -0.490 e. The van der Waals surface area contributed by atoms with Gasteiger partial charge in [0.15, 0.2) is 0 Å². The number of nitrogens with two attached hydrogens (primary N) is 1. The molecule has 0 bridgehead atoms. The highest BCUT2D eigenvalue weighted by molar-refractivity contribution is 7.19. The van der Waals surface area contributed by atoms with Crippen LogP contribution in [0.25, 0.3) is 10.2 Å². The van der Waals surface area contributed by atoms with Crippen LogP contribution in [-0.4, -0.2) is 64.4 Å². The molecule has 0 spiro atoms. The lowest BCUT2D eigenvalue weighted by molar-refractivity contribution is -0.126. The van der Waals surface area contributed by atoms with Gasteiger partial charge in [-0.2, -0.15) is 0 Å². The van der Waals surface area contributed by atoms with Gasteiger partial charge in [0.1, 0.15) is 16.7 Å². The van der Waals surface area contributed by atoms with Crippen LogP contribution in [0.1, 0.15) is 68.7 Å². The van der Waals surface area contributed by atoms with Crippen molar-refractivity contribution in [2.24, 2.45) is 5.73 Å². The number of hydrogen-bond acceptors (Lipinski definition) is 7. The van der Waals surface area contributed by atoms with Gasteiger partial charge in [-0.1, -0.05) is 0 Å². The van der Waals surface area contributed by atoms with E-state index < -0.39 is 12.0 Å². The monoisotopic (exact) mass is 473 g/mol. The molecule has 5 rings (SSSR count). The molecule has 1 amide bonds. The maximum Gasteiger partial charge on any atom is 0.246 e. The van der Waals surface area contributed by atoms with Gasteiger partial charge in [0.05, 0.1) is 23.7 Å². The van der Waals surface area contributed by atoms with Crippen molar-refractivity contribution in [2.75, 3.05) is 13.1 Å². The largest absolute Gasteiger partial charge is 0.490 e. The number of carbonyl (C=O) groups is 1. The van der Waals surface area contributed by atoms with Gasteiger partial charge in [0, 0.05) is 30.2 Å². The SMILES string of the molecule is C[C@@H]1CN(C2CCC(Oc3ccnc4sc5c(c34)[C@@H](C[C@H](O)C(N)=O)CC5)CC2)C[C@H](C)O1. The van der Waals surface area contributed by atoms with Gasteiger partial charge in [0.25, 0.3) is 0 Å². The Hall–Kier alpha value is -1.74. The molecule has 0 unspecified atom stereocenters. The maximum atomic E-state index is 11.4. The molecule has 1 aliphatic heterocycles. The predicted molar refractivity (Wildman–Crippen MR) is 129 cm³/mol. The van der Waals surface area contributed by atoms with Crippen molar-refractivity contribution in [1.82, 2.24) is 9.88 Å². The Balaban J connectivity index is 1.29. The van der Waals surface area contributed by atoms with Gasteiger partial charge in [-0.25, -0.2) is 4.98 Å². The quantitative estimate of drug-likeness (QED) is 0.668. The smallest absolute Gasteiger partial charge is 0.246 e. The van der Waals surface area contributed by atoms with Gasteiger partial charge in [0.2, 0.25) is 5.91 Å². The summed E-state index contributed by atoms with van der Waals surface area (Å²) >= 11 is 1.71. The first kappa shape index (κ1) is 23.0. The van der Waals surface area contributed by atoms with Gasteiger partial charge >= 0.3 is 0 Å². The molecule has 0 aromatic carbocycles. The van der Waals surface area contributed by atoms with E-state index in [1.807, 2.05) is 12.3 Å². The minimum atomic E-state index is -1.11. The summed E-state index contributed by atoms with van der Waals surface area (Å²) < 4.78 is 12.5. The number of amides is 1. The molecule has 4 atom stereocenters. The standard InChI is InChI=1S/C25H35N3O4S/c1-14-12-28(13-15(2)31-14)17-4-6-18(7-5-17)32-20-9-10-27-25-23(20)22-16(3-8-21(22)33-25)11-19(29)24(26)30/h9-10,14-19,29H,3-8,11-13H2,1-2H3,(H2,26,30)/t14-,15+,16-,17?,18?,19+/m1/s1. The number of morpholine rings is 1. The molecular formula is C25H35N3O4S. The Morgan fingerprint density at radius 1 is 1.27 bits per heavy atom. The number of rotatable bonds is 6. The lowest BCUT2D eigenvalue weighted by Crippen LogP contribution is -2.51. The molecule has 180 valence electrons. The summed E-state index contributed by atoms with van der Waals surface area (Å²) in [5, 5.41) is 11.2. The van der Waals surface area contributed by atoms with E-state index in [2.05, 4.69) is 23.7 Å². The maximum absolute atomic E-state index is 11.4.